The summed E-state index contributed by atoms with van der Waals surface area (Å²) in [6.07, 6.45) is 12.6. The molecule has 3 N–H and O–H groups in total. The van der Waals surface area contributed by atoms with Gasteiger partial charge in [0.1, 0.15) is 0 Å². The first-order valence-electron chi connectivity index (χ1n) is 13.1. The van der Waals surface area contributed by atoms with Crippen LogP contribution in [0.5, 0.6) is 11.8 Å². The number of pyridine rings is 3. The fourth-order valence-electron chi connectivity index (χ4n) is 3.14. The van der Waals surface area contributed by atoms with Gasteiger partial charge in [-0.1, -0.05) is 31.9 Å². The smallest absolute Gasteiger partial charge is 0.793 e. The maximum absolute atomic E-state index is 10.6. The van der Waals surface area contributed by atoms with Crippen molar-refractivity contribution < 1.29 is 49.1 Å². The third kappa shape index (κ3) is 16.2. The predicted octanol–water partition coefficient (Wildman–Crippen LogP) is 2.25. The van der Waals surface area contributed by atoms with E-state index in [9.17, 15) is 4.79 Å². The van der Waals surface area contributed by atoms with Crippen LogP contribution >= 0.6 is 15.9 Å². The van der Waals surface area contributed by atoms with Gasteiger partial charge in [0.15, 0.2) is 0 Å². The van der Waals surface area contributed by atoms with E-state index >= 15 is 0 Å². The van der Waals surface area contributed by atoms with Crippen LogP contribution in [-0.4, -0.2) is 52.1 Å². The van der Waals surface area contributed by atoms with Gasteiger partial charge >= 0.3 is 36.7 Å². The number of hydrogen-bond acceptors (Lipinski definition) is 8. The Morgan fingerprint density at radius 3 is 1.73 bits per heavy atom. The Morgan fingerprint density at radius 2 is 1.40 bits per heavy atom. The molecule has 0 atom stereocenters. The molecule has 8 nitrogen and oxygen atoms in total. The van der Waals surface area contributed by atoms with Crippen LogP contribution in [0.4, 0.5) is 0 Å². The molecule has 3 aromatic rings. The summed E-state index contributed by atoms with van der Waals surface area (Å²) in [5.41, 5.74) is 2.62. The number of rotatable bonds is 5. The zero-order chi connectivity index (χ0) is 28.6. The average Bonchev–Trinajstić information content (AvgIpc) is 3.81. The fourth-order valence-corrected chi connectivity index (χ4v) is 3.38. The summed E-state index contributed by atoms with van der Waals surface area (Å²) in [7, 11) is 2.19. The van der Waals surface area contributed by atoms with Gasteiger partial charge in [-0.2, -0.15) is 5.75 Å². The summed E-state index contributed by atoms with van der Waals surface area (Å²) in [5, 5.41) is 16.5. The molecule has 0 saturated heterocycles. The van der Waals surface area contributed by atoms with Crippen LogP contribution in [0, 0.1) is 0 Å². The number of nitrogens with one attached hydrogen (secondary N) is 1. The third-order valence-corrected chi connectivity index (χ3v) is 6.30. The van der Waals surface area contributed by atoms with E-state index in [1.807, 2.05) is 37.5 Å². The van der Waals surface area contributed by atoms with Crippen LogP contribution in [0.3, 0.4) is 0 Å². The molecule has 0 aliphatic heterocycles. The number of ether oxygens (including phenoxy) is 2. The van der Waals surface area contributed by atoms with Crippen LogP contribution in [-0.2, 0) is 12.6 Å². The van der Waals surface area contributed by atoms with Crippen molar-refractivity contribution in [1.82, 2.24) is 15.0 Å². The Bertz CT molecular complexity index is 1110. The number of hydrogen-bond donors (Lipinski definition) is 3. The van der Waals surface area contributed by atoms with Crippen molar-refractivity contribution in [3.63, 3.8) is 0 Å². The molecule has 3 aliphatic carbocycles. The fraction of sp³-hybridized carbons (Fsp3) is 0.464. The largest absolute Gasteiger partial charge is 1.00 e. The molecule has 40 heavy (non-hydrogen) atoms. The maximum atomic E-state index is 10.6. The number of nitrogens with zero attached hydrogens (tertiary/aromatic N) is 2. The van der Waals surface area contributed by atoms with E-state index < -0.39 is 7.12 Å². The topological polar surface area (TPSA) is 118 Å². The summed E-state index contributed by atoms with van der Waals surface area (Å²) in [5.74, 6) is 3.91. The Morgan fingerprint density at radius 1 is 0.900 bits per heavy atom. The molecule has 3 fully saturated rings. The average molecular weight is 642 g/mol. The van der Waals surface area contributed by atoms with Crippen molar-refractivity contribution in [2.75, 3.05) is 20.0 Å². The van der Waals surface area contributed by atoms with Crippen molar-refractivity contribution in [3.8, 4) is 11.8 Å². The summed E-state index contributed by atoms with van der Waals surface area (Å²) in [6, 6.07) is 11.2. The first-order chi connectivity index (χ1) is 18.8. The summed E-state index contributed by atoms with van der Waals surface area (Å²) < 4.78 is 10.8. The molecule has 3 aromatic heterocycles. The molecule has 0 radical (unpaired) electrons. The van der Waals surface area contributed by atoms with Gasteiger partial charge < -0.3 is 37.1 Å². The van der Waals surface area contributed by atoms with E-state index in [2.05, 4.69) is 49.6 Å². The van der Waals surface area contributed by atoms with Crippen LogP contribution < -0.4 is 44.6 Å². The molecular formula is C28H38BBrN3NaO5S. The predicted molar refractivity (Wildman–Crippen MR) is 161 cm³/mol. The standard InChI is InChI=1S/C9H11NO.C8H9NO.C6H6BrNO.C3H7BO2.C2H6S.Na/c1-11-9-5-4-8(6-10-9)7-2-3-7;10-8-4-3-7(5-9-8)6-1-2-6;1-9-6-3-2-5(7)4-8-6;5-4(6)3-1-2-3;1-2-3;/h4-7H,2-3H2,1H3;3-6H,1-2H2,(H,9,10);2-4H,1H3;3,5-6H,1-2H2;3H,2H2,1H3;/q;;;;;+1/p-1. The maximum Gasteiger partial charge on any atom is 1.00 e. The van der Waals surface area contributed by atoms with Crippen LogP contribution in [0.25, 0.3) is 0 Å². The Labute approximate surface area is 273 Å². The first-order valence-corrected chi connectivity index (χ1v) is 14.5. The molecule has 0 aromatic carbocycles. The molecule has 3 saturated carbocycles. The van der Waals surface area contributed by atoms with Crippen LogP contribution in [0.1, 0.15) is 68.4 Å². The summed E-state index contributed by atoms with van der Waals surface area (Å²) in [4.78, 5) is 21.3. The van der Waals surface area contributed by atoms with Gasteiger partial charge in [-0.15, -0.1) is 0 Å². The second-order valence-electron chi connectivity index (χ2n) is 9.23. The van der Waals surface area contributed by atoms with Crippen LogP contribution in [0.2, 0.25) is 5.82 Å². The van der Waals surface area contributed by atoms with Gasteiger partial charge in [-0.25, -0.2) is 9.97 Å². The molecule has 12 heteroatoms. The van der Waals surface area contributed by atoms with Crippen LogP contribution in [0.15, 0.2) is 64.3 Å². The minimum Gasteiger partial charge on any atom is -0.793 e. The molecule has 3 aliphatic rings. The summed E-state index contributed by atoms with van der Waals surface area (Å²) in [6.45, 7) is 1.94. The Kier molecular flexibility index (Phi) is 18.8. The molecule has 0 amide bonds. The van der Waals surface area contributed by atoms with Crippen molar-refractivity contribution in [3.05, 3.63) is 80.9 Å². The summed E-state index contributed by atoms with van der Waals surface area (Å²) >= 11 is 7.65. The normalized spacial score (nSPS) is 14.5. The number of aromatic amines is 1. The number of H-pyrrole nitrogens is 1. The Balaban J connectivity index is 0.000000260. The van der Waals surface area contributed by atoms with Gasteiger partial charge in [0.05, 0.1) is 14.2 Å². The molecule has 212 valence electrons. The molecule has 0 spiro atoms. The van der Waals surface area contributed by atoms with Crippen molar-refractivity contribution in [2.45, 2.75) is 63.1 Å². The van der Waals surface area contributed by atoms with Gasteiger partial charge in [-0.3, -0.25) is 4.79 Å². The van der Waals surface area contributed by atoms with Gasteiger partial charge in [0.2, 0.25) is 17.3 Å². The zero-order valence-corrected chi connectivity index (χ0v) is 28.2. The number of halogens is 1. The SMILES string of the molecule is CC[S-].COc1ccc(Br)cn1.COc1ccc(C2CC2)cn1.O=c1ccc(C2CC2)c[nH]1.OB(O)C1CC1.[Na+]. The molecule has 0 bridgehead atoms. The Hall–Kier alpha value is -1.34. The molecule has 6 rings (SSSR count). The van der Waals surface area contributed by atoms with Crippen molar-refractivity contribution in [1.29, 1.82) is 0 Å². The first kappa shape index (κ1) is 36.7. The molecule has 3 heterocycles. The van der Waals surface area contributed by atoms with Crippen molar-refractivity contribution >= 4 is 35.7 Å². The molecule has 0 unspecified atom stereocenters. The minimum atomic E-state index is -1.04. The van der Waals surface area contributed by atoms with E-state index in [1.54, 1.807) is 32.5 Å². The second kappa shape index (κ2) is 20.5. The monoisotopic (exact) mass is 641 g/mol. The van der Waals surface area contributed by atoms with E-state index in [-0.39, 0.29) is 40.9 Å². The van der Waals surface area contributed by atoms with Gasteiger partial charge in [0, 0.05) is 41.3 Å². The van der Waals surface area contributed by atoms with E-state index in [0.29, 0.717) is 11.8 Å². The zero-order valence-electron chi connectivity index (χ0n) is 23.8. The molecular weight excluding hydrogens is 604 g/mol. The second-order valence-corrected chi connectivity index (χ2v) is 10.7. The van der Waals surface area contributed by atoms with E-state index in [4.69, 9.17) is 19.5 Å². The van der Waals surface area contributed by atoms with E-state index in [0.717, 1.165) is 34.9 Å². The minimum absolute atomic E-state index is 0. The number of aromatic nitrogens is 3. The third-order valence-electron chi connectivity index (χ3n) is 5.83. The van der Waals surface area contributed by atoms with Gasteiger partial charge in [0.25, 0.3) is 0 Å². The quantitative estimate of drug-likeness (QED) is 0.287. The van der Waals surface area contributed by atoms with E-state index in [1.165, 1.54) is 36.8 Å². The van der Waals surface area contributed by atoms with Crippen molar-refractivity contribution in [2.24, 2.45) is 0 Å². The number of methoxy groups -OCH3 is 2. The van der Waals surface area contributed by atoms with Gasteiger partial charge in [-0.05, 0) is 76.5 Å².